The lowest BCUT2D eigenvalue weighted by Gasteiger charge is -2.28. The zero-order valence-corrected chi connectivity index (χ0v) is 20.2. The summed E-state index contributed by atoms with van der Waals surface area (Å²) in [6, 6.07) is 0. The van der Waals surface area contributed by atoms with E-state index in [4.69, 9.17) is 4.74 Å². The molecule has 4 nitrogen and oxygen atoms in total. The summed E-state index contributed by atoms with van der Waals surface area (Å²) in [5, 5.41) is 9.26. The van der Waals surface area contributed by atoms with Crippen LogP contribution in [0.3, 0.4) is 0 Å². The number of carbonyl (C=O) groups is 2. The van der Waals surface area contributed by atoms with Gasteiger partial charge in [-0.2, -0.15) is 0 Å². The van der Waals surface area contributed by atoms with Crippen LogP contribution in [0, 0.1) is 23.7 Å². The molecule has 1 N–H and O–H groups in total. The minimum Gasteiger partial charge on any atom is -0.481 e. The van der Waals surface area contributed by atoms with Gasteiger partial charge in [0.05, 0.1) is 11.8 Å². The molecule has 1 aliphatic rings. The van der Waals surface area contributed by atoms with E-state index in [9.17, 15) is 14.7 Å². The Hall–Kier alpha value is -1.06. The first-order chi connectivity index (χ1) is 14.3. The number of carbonyl (C=O) groups excluding carboxylic acids is 1. The highest BCUT2D eigenvalue weighted by Gasteiger charge is 2.33. The molecule has 4 heteroatoms. The highest BCUT2D eigenvalue weighted by molar-refractivity contribution is 5.75. The number of esters is 1. The van der Waals surface area contributed by atoms with Crippen molar-refractivity contribution in [3.05, 3.63) is 0 Å². The molecule has 0 aromatic carbocycles. The molecule has 0 saturated heterocycles. The summed E-state index contributed by atoms with van der Waals surface area (Å²) in [6.45, 7) is 8.93. The fourth-order valence-corrected chi connectivity index (χ4v) is 4.62. The molecule has 0 heterocycles. The molecular weight excluding hydrogens is 376 g/mol. The number of unbranched alkanes of at least 4 members (excludes halogenated alkanes) is 7. The van der Waals surface area contributed by atoms with Gasteiger partial charge < -0.3 is 9.84 Å². The van der Waals surface area contributed by atoms with Crippen molar-refractivity contribution in [1.82, 2.24) is 0 Å². The van der Waals surface area contributed by atoms with Crippen LogP contribution in [-0.4, -0.2) is 23.1 Å². The maximum Gasteiger partial charge on any atom is 0.309 e. The van der Waals surface area contributed by atoms with Crippen molar-refractivity contribution in [2.24, 2.45) is 23.7 Å². The van der Waals surface area contributed by atoms with Gasteiger partial charge >= 0.3 is 11.9 Å². The number of carboxylic acids is 1. The molecule has 30 heavy (non-hydrogen) atoms. The maximum absolute atomic E-state index is 12.6. The quantitative estimate of drug-likeness (QED) is 0.207. The zero-order valence-electron chi connectivity index (χ0n) is 20.2. The van der Waals surface area contributed by atoms with Gasteiger partial charge in [-0.15, -0.1) is 0 Å². The van der Waals surface area contributed by atoms with Crippen LogP contribution in [0.5, 0.6) is 0 Å². The lowest BCUT2D eigenvalue weighted by molar-refractivity contribution is -0.158. The average Bonchev–Trinajstić information content (AvgIpc) is 2.68. The van der Waals surface area contributed by atoms with Gasteiger partial charge in [0, 0.05) is 0 Å². The van der Waals surface area contributed by atoms with Crippen LogP contribution in [0.1, 0.15) is 124 Å². The minimum absolute atomic E-state index is 0.0151. The van der Waals surface area contributed by atoms with Gasteiger partial charge in [-0.3, -0.25) is 9.59 Å². The predicted octanol–water partition coefficient (Wildman–Crippen LogP) is 7.39. The normalized spacial score (nSPS) is 20.5. The van der Waals surface area contributed by atoms with Crippen LogP contribution < -0.4 is 0 Å². The molecule has 3 atom stereocenters. The minimum atomic E-state index is -0.772. The van der Waals surface area contributed by atoms with Gasteiger partial charge in [-0.05, 0) is 50.4 Å². The van der Waals surface area contributed by atoms with Gasteiger partial charge in [0.15, 0.2) is 0 Å². The number of aliphatic carboxylic acids is 1. The smallest absolute Gasteiger partial charge is 0.309 e. The number of hydrogen-bond acceptors (Lipinski definition) is 3. The van der Waals surface area contributed by atoms with Crippen LogP contribution in [-0.2, 0) is 14.3 Å². The van der Waals surface area contributed by atoms with E-state index in [-0.39, 0.29) is 23.9 Å². The average molecular weight is 425 g/mol. The molecule has 0 radical (unpaired) electrons. The summed E-state index contributed by atoms with van der Waals surface area (Å²) in [7, 11) is 0. The molecule has 1 fully saturated rings. The van der Waals surface area contributed by atoms with E-state index in [1.165, 1.54) is 51.4 Å². The Labute approximate surface area is 185 Å². The van der Waals surface area contributed by atoms with Crippen molar-refractivity contribution in [3.8, 4) is 0 Å². The van der Waals surface area contributed by atoms with E-state index >= 15 is 0 Å². The predicted molar refractivity (Wildman–Crippen MR) is 123 cm³/mol. The van der Waals surface area contributed by atoms with E-state index in [1.54, 1.807) is 0 Å². The van der Waals surface area contributed by atoms with Gasteiger partial charge in [-0.1, -0.05) is 85.5 Å². The lowest BCUT2D eigenvalue weighted by Crippen LogP contribution is -2.31. The van der Waals surface area contributed by atoms with E-state index in [0.717, 1.165) is 38.0 Å². The Balaban J connectivity index is 2.23. The van der Waals surface area contributed by atoms with Crippen molar-refractivity contribution in [2.75, 3.05) is 0 Å². The summed E-state index contributed by atoms with van der Waals surface area (Å²) >= 11 is 0. The summed E-state index contributed by atoms with van der Waals surface area (Å²) < 4.78 is 5.89. The Morgan fingerprint density at radius 3 is 1.87 bits per heavy atom. The van der Waals surface area contributed by atoms with Crippen molar-refractivity contribution in [1.29, 1.82) is 0 Å². The Morgan fingerprint density at radius 2 is 1.33 bits per heavy atom. The fraction of sp³-hybridized carbons (Fsp3) is 0.923. The summed E-state index contributed by atoms with van der Waals surface area (Å²) in [4.78, 5) is 23.9. The molecule has 1 rings (SSSR count). The standard InChI is InChI=1S/C26H48O4/c1-20(2)14-11-9-7-5-6-8-10-12-17-24(18-21(3)4)30-26(29)23-16-13-15-22(19-23)25(27)28/h20-24H,5-19H2,1-4H3,(H,27,28). The number of carboxylic acid groups (broad SMARTS) is 1. The SMILES string of the molecule is CC(C)CCCCCCCCCCC(CC(C)C)OC(=O)C1CCCC(C(=O)O)C1. The first-order valence-corrected chi connectivity index (χ1v) is 12.7. The highest BCUT2D eigenvalue weighted by atomic mass is 16.5. The van der Waals surface area contributed by atoms with Crippen LogP contribution in [0.2, 0.25) is 0 Å². The maximum atomic E-state index is 12.6. The Kier molecular flexibility index (Phi) is 14.1. The molecule has 1 saturated carbocycles. The summed E-state index contributed by atoms with van der Waals surface area (Å²) in [6.07, 6.45) is 16.2. The monoisotopic (exact) mass is 424 g/mol. The highest BCUT2D eigenvalue weighted by Crippen LogP contribution is 2.31. The van der Waals surface area contributed by atoms with E-state index in [0.29, 0.717) is 18.8 Å². The van der Waals surface area contributed by atoms with Crippen molar-refractivity contribution in [3.63, 3.8) is 0 Å². The largest absolute Gasteiger partial charge is 0.481 e. The molecule has 0 amide bonds. The van der Waals surface area contributed by atoms with Gasteiger partial charge in [0.25, 0.3) is 0 Å². The fourth-order valence-electron chi connectivity index (χ4n) is 4.62. The molecule has 0 aromatic rings. The topological polar surface area (TPSA) is 63.6 Å². The van der Waals surface area contributed by atoms with Crippen molar-refractivity contribution >= 4 is 11.9 Å². The molecule has 0 spiro atoms. The number of hydrogen-bond donors (Lipinski definition) is 1. The summed E-state index contributed by atoms with van der Waals surface area (Å²) in [5.41, 5.74) is 0. The first-order valence-electron chi connectivity index (χ1n) is 12.7. The molecule has 1 aliphatic carbocycles. The van der Waals surface area contributed by atoms with Gasteiger partial charge in [0.1, 0.15) is 6.10 Å². The van der Waals surface area contributed by atoms with E-state index < -0.39 is 5.97 Å². The summed E-state index contributed by atoms with van der Waals surface area (Å²) in [5.74, 6) is -0.226. The zero-order chi connectivity index (χ0) is 22.4. The molecule has 3 unspecified atom stereocenters. The second kappa shape index (κ2) is 15.7. The van der Waals surface area contributed by atoms with E-state index in [1.807, 2.05) is 0 Å². The van der Waals surface area contributed by atoms with Gasteiger partial charge in [0.2, 0.25) is 0 Å². The van der Waals surface area contributed by atoms with Crippen LogP contribution in [0.4, 0.5) is 0 Å². The van der Waals surface area contributed by atoms with Crippen LogP contribution in [0.15, 0.2) is 0 Å². The molecule has 176 valence electrons. The number of ether oxygens (including phenoxy) is 1. The molecule has 0 bridgehead atoms. The third-order valence-corrected chi connectivity index (χ3v) is 6.43. The molecule has 0 aliphatic heterocycles. The van der Waals surface area contributed by atoms with Crippen LogP contribution in [0.25, 0.3) is 0 Å². The van der Waals surface area contributed by atoms with Crippen LogP contribution >= 0.6 is 0 Å². The first kappa shape index (κ1) is 27.0. The second-order valence-corrected chi connectivity index (χ2v) is 10.4. The third kappa shape index (κ3) is 12.6. The van der Waals surface area contributed by atoms with Crippen molar-refractivity contribution < 1.29 is 19.4 Å². The van der Waals surface area contributed by atoms with Gasteiger partial charge in [-0.25, -0.2) is 0 Å². The number of rotatable bonds is 16. The molecular formula is C26H48O4. The Morgan fingerprint density at radius 1 is 0.800 bits per heavy atom. The molecule has 0 aromatic heterocycles. The third-order valence-electron chi connectivity index (χ3n) is 6.43. The second-order valence-electron chi connectivity index (χ2n) is 10.4. The van der Waals surface area contributed by atoms with E-state index in [2.05, 4.69) is 27.7 Å². The Bertz CT molecular complexity index is 472. The lowest BCUT2D eigenvalue weighted by atomic mass is 9.81. The van der Waals surface area contributed by atoms with Crippen molar-refractivity contribution in [2.45, 2.75) is 130 Å².